The minimum absolute atomic E-state index is 0.0567. The molecule has 5 nitrogen and oxygen atoms in total. The molecule has 0 unspecified atom stereocenters. The lowest BCUT2D eigenvalue weighted by atomic mass is 9.94. The van der Waals surface area contributed by atoms with Crippen LogP contribution in [-0.2, 0) is 9.47 Å². The molecule has 5 atom stereocenters. The third kappa shape index (κ3) is 4.77. The second-order valence-electron chi connectivity index (χ2n) is 11.8. The van der Waals surface area contributed by atoms with E-state index in [1.807, 2.05) is 125 Å². The summed E-state index contributed by atoms with van der Waals surface area (Å²) in [5.41, 5.74) is 4.41. The molecule has 6 rings (SSSR count). The average molecular weight is 601 g/mol. The van der Waals surface area contributed by atoms with Crippen molar-refractivity contribution in [3.63, 3.8) is 0 Å². The quantitative estimate of drug-likeness (QED) is 0.287. The maximum Gasteiger partial charge on any atom is 0.199 e. The Kier molecular flexibility index (Phi) is 7.69. The van der Waals surface area contributed by atoms with Gasteiger partial charge in [0.15, 0.2) is 11.1 Å². The Morgan fingerprint density at radius 1 is 0.571 bits per heavy atom. The Labute approximate surface area is 250 Å². The Balaban J connectivity index is 1.59. The monoisotopic (exact) mass is 600 g/mol. The lowest BCUT2D eigenvalue weighted by molar-refractivity contribution is -0.328. The second-order valence-corrected chi connectivity index (χ2v) is 16.6. The predicted octanol–water partition coefficient (Wildman–Crippen LogP) is 4.37. The zero-order valence-electron chi connectivity index (χ0n) is 24.7. The van der Waals surface area contributed by atoms with Gasteiger partial charge in [-0.05, 0) is 71.7 Å². The molecule has 2 fully saturated rings. The highest BCUT2D eigenvalue weighted by Gasteiger charge is 2.75. The van der Waals surface area contributed by atoms with E-state index in [9.17, 15) is 15.3 Å². The van der Waals surface area contributed by atoms with Gasteiger partial charge in [-0.3, -0.25) is 0 Å². The van der Waals surface area contributed by atoms with E-state index in [0.29, 0.717) is 0 Å². The van der Waals surface area contributed by atoms with Crippen molar-refractivity contribution in [1.29, 1.82) is 0 Å². The van der Waals surface area contributed by atoms with Crippen LogP contribution in [0.1, 0.15) is 29.2 Å². The molecule has 0 spiro atoms. The van der Waals surface area contributed by atoms with Crippen molar-refractivity contribution >= 4 is 37.1 Å². The molecule has 3 N–H and O–H groups in total. The van der Waals surface area contributed by atoms with Crippen molar-refractivity contribution in [2.75, 3.05) is 6.61 Å². The summed E-state index contributed by atoms with van der Waals surface area (Å²) < 4.78 is 12.8. The van der Waals surface area contributed by atoms with E-state index in [2.05, 4.69) is 0 Å². The van der Waals surface area contributed by atoms with Gasteiger partial charge in [0.05, 0.1) is 6.61 Å². The summed E-state index contributed by atoms with van der Waals surface area (Å²) in [6, 6.07) is 32.4. The summed E-state index contributed by atoms with van der Waals surface area (Å²) in [5.74, 6) is -2.01. The average Bonchev–Trinajstić information content (AvgIpc) is 3.22. The van der Waals surface area contributed by atoms with Gasteiger partial charge < -0.3 is 24.8 Å². The van der Waals surface area contributed by atoms with Crippen molar-refractivity contribution in [3.05, 3.63) is 119 Å². The molecule has 2 aliphatic heterocycles. The smallest absolute Gasteiger partial charge is 0.199 e. The number of rotatable bonds is 6. The van der Waals surface area contributed by atoms with Gasteiger partial charge >= 0.3 is 0 Å². The fourth-order valence-electron chi connectivity index (χ4n) is 6.20. The standard InChI is InChI=1S/C35H38O5P2/c1-23-6-14-27(15-7-23)41(28-16-8-24(2)9-17-28)34(37)31-22-39-32(34)35(38,33(5,36)40-31)42(29-18-10-25(3)11-19-29)30-20-12-26(4)13-21-30/h6-21,31-32,36-38H,22H2,1-5H3/t31-,32+,33+,34+,35+/m1/s1. The summed E-state index contributed by atoms with van der Waals surface area (Å²) in [4.78, 5) is 0. The van der Waals surface area contributed by atoms with E-state index in [1.165, 1.54) is 6.92 Å². The number of aliphatic hydroxyl groups is 3. The molecule has 0 amide bonds. The van der Waals surface area contributed by atoms with Crippen LogP contribution in [0.25, 0.3) is 0 Å². The first-order valence-corrected chi connectivity index (χ1v) is 17.0. The summed E-state index contributed by atoms with van der Waals surface area (Å²) in [6.45, 7) is 9.68. The van der Waals surface area contributed by atoms with Gasteiger partial charge in [-0.25, -0.2) is 0 Å². The minimum Gasteiger partial charge on any atom is -0.379 e. The molecule has 2 bridgehead atoms. The van der Waals surface area contributed by atoms with Gasteiger partial charge in [-0.15, -0.1) is 0 Å². The molecular weight excluding hydrogens is 562 g/mol. The topological polar surface area (TPSA) is 79.2 Å². The first-order valence-electron chi connectivity index (χ1n) is 14.3. The van der Waals surface area contributed by atoms with Crippen LogP contribution < -0.4 is 21.2 Å². The van der Waals surface area contributed by atoms with Crippen LogP contribution in [0.3, 0.4) is 0 Å². The van der Waals surface area contributed by atoms with Crippen LogP contribution in [0, 0.1) is 27.7 Å². The molecule has 2 saturated heterocycles. The van der Waals surface area contributed by atoms with Crippen LogP contribution in [0.5, 0.6) is 0 Å². The van der Waals surface area contributed by atoms with Crippen molar-refractivity contribution in [2.24, 2.45) is 0 Å². The van der Waals surface area contributed by atoms with E-state index >= 15 is 0 Å². The van der Waals surface area contributed by atoms with E-state index in [1.54, 1.807) is 0 Å². The zero-order valence-corrected chi connectivity index (χ0v) is 26.4. The highest BCUT2D eigenvalue weighted by atomic mass is 31.1. The van der Waals surface area contributed by atoms with Crippen molar-refractivity contribution in [1.82, 2.24) is 0 Å². The van der Waals surface area contributed by atoms with Crippen molar-refractivity contribution in [3.8, 4) is 0 Å². The van der Waals surface area contributed by atoms with E-state index < -0.39 is 44.5 Å². The number of benzene rings is 4. The summed E-state index contributed by atoms with van der Waals surface area (Å²) in [5, 5.41) is 38.3. The van der Waals surface area contributed by atoms with Crippen molar-refractivity contribution in [2.45, 2.75) is 63.3 Å². The van der Waals surface area contributed by atoms with Gasteiger partial charge in [-0.2, -0.15) is 0 Å². The molecule has 0 aromatic heterocycles. The number of aryl methyl sites for hydroxylation is 4. The SMILES string of the molecule is Cc1ccc(P(c2ccc(C)cc2)[C@@]2(O)[C@H]3CO[C@@H]2[C@](O)(P(c2ccc(C)cc2)c2ccc(C)cc2)[C@@](C)(O)O3)cc1. The van der Waals surface area contributed by atoms with Crippen LogP contribution >= 0.6 is 15.8 Å². The van der Waals surface area contributed by atoms with Crippen LogP contribution in [-0.4, -0.2) is 50.6 Å². The molecule has 2 heterocycles. The van der Waals surface area contributed by atoms with E-state index in [-0.39, 0.29) is 6.61 Å². The highest BCUT2D eigenvalue weighted by molar-refractivity contribution is 7.75. The molecule has 0 aliphatic carbocycles. The highest BCUT2D eigenvalue weighted by Crippen LogP contribution is 2.67. The normalized spacial score (nSPS) is 28.9. The lowest BCUT2D eigenvalue weighted by Gasteiger charge is -2.58. The van der Waals surface area contributed by atoms with Gasteiger partial charge in [0.2, 0.25) is 0 Å². The Hall–Kier alpha value is -2.46. The third-order valence-corrected chi connectivity index (χ3v) is 14.4. The first kappa shape index (κ1) is 29.6. The minimum atomic E-state index is -2.01. The zero-order chi connectivity index (χ0) is 29.9. The van der Waals surface area contributed by atoms with Crippen LogP contribution in [0.15, 0.2) is 97.1 Å². The molecule has 0 radical (unpaired) electrons. The molecular formula is C35H38O5P2. The molecule has 7 heteroatoms. The Morgan fingerprint density at radius 2 is 0.905 bits per heavy atom. The molecule has 0 saturated carbocycles. The molecule has 218 valence electrons. The number of hydrogen-bond donors (Lipinski definition) is 3. The summed E-state index contributed by atoms with van der Waals surface area (Å²) >= 11 is 0. The summed E-state index contributed by atoms with van der Waals surface area (Å²) in [7, 11) is -3.23. The van der Waals surface area contributed by atoms with Gasteiger partial charge in [0, 0.05) is 0 Å². The summed E-state index contributed by atoms with van der Waals surface area (Å²) in [6.07, 6.45) is -1.99. The maximum atomic E-state index is 13.1. The van der Waals surface area contributed by atoms with Gasteiger partial charge in [0.1, 0.15) is 17.6 Å². The third-order valence-electron chi connectivity index (χ3n) is 8.56. The Bertz CT molecular complexity index is 1460. The number of hydrogen-bond acceptors (Lipinski definition) is 5. The van der Waals surface area contributed by atoms with Gasteiger partial charge in [-0.1, -0.05) is 119 Å². The molecule has 2 aliphatic rings. The van der Waals surface area contributed by atoms with Crippen LogP contribution in [0.4, 0.5) is 0 Å². The fourth-order valence-corrected chi connectivity index (χ4v) is 12.2. The first-order chi connectivity index (χ1) is 19.9. The molecule has 4 aromatic carbocycles. The number of fused-ring (bicyclic) bond motifs is 2. The Morgan fingerprint density at radius 3 is 1.26 bits per heavy atom. The van der Waals surface area contributed by atoms with E-state index in [4.69, 9.17) is 9.47 Å². The predicted molar refractivity (Wildman–Crippen MR) is 172 cm³/mol. The van der Waals surface area contributed by atoms with Crippen LogP contribution in [0.2, 0.25) is 0 Å². The largest absolute Gasteiger partial charge is 0.379 e. The molecule has 42 heavy (non-hydrogen) atoms. The van der Waals surface area contributed by atoms with E-state index in [0.717, 1.165) is 43.5 Å². The second kappa shape index (κ2) is 10.9. The molecule has 4 aromatic rings. The number of ether oxygens (including phenoxy) is 2. The van der Waals surface area contributed by atoms with Gasteiger partial charge in [0.25, 0.3) is 0 Å². The lowest BCUT2D eigenvalue weighted by Crippen LogP contribution is -2.73. The van der Waals surface area contributed by atoms with Crippen molar-refractivity contribution < 1.29 is 24.8 Å². The maximum absolute atomic E-state index is 13.1. The fraction of sp³-hybridized carbons (Fsp3) is 0.314.